The van der Waals surface area contributed by atoms with E-state index >= 15 is 0 Å². The highest BCUT2D eigenvalue weighted by Crippen LogP contribution is 2.27. The summed E-state index contributed by atoms with van der Waals surface area (Å²) in [6.45, 7) is 4.88. The number of carbonyl (C=O) groups is 2. The molecule has 0 aromatic carbocycles. The van der Waals surface area contributed by atoms with E-state index < -0.39 is 5.60 Å². The zero-order chi connectivity index (χ0) is 25.7. The minimum atomic E-state index is -1.32. The summed E-state index contributed by atoms with van der Waals surface area (Å²) in [6.07, 6.45) is 22.7. The van der Waals surface area contributed by atoms with Gasteiger partial charge in [-0.1, -0.05) is 117 Å². The molecule has 0 aliphatic carbocycles. The monoisotopic (exact) mass is 500 g/mol. The van der Waals surface area contributed by atoms with Crippen LogP contribution in [0.3, 0.4) is 0 Å². The predicted molar refractivity (Wildman–Crippen MR) is 150 cm³/mol. The predicted octanol–water partition coefficient (Wildman–Crippen LogP) is 8.22. The number of ketones is 2. The van der Waals surface area contributed by atoms with Crippen molar-refractivity contribution in [1.29, 1.82) is 0 Å². The highest BCUT2D eigenvalue weighted by molar-refractivity contribution is 7.10. The summed E-state index contributed by atoms with van der Waals surface area (Å²) in [5, 5.41) is 0. The molecule has 0 aliphatic heterocycles. The third-order valence-electron chi connectivity index (χ3n) is 6.81. The first-order valence-electron chi connectivity index (χ1n) is 14.5. The van der Waals surface area contributed by atoms with Crippen LogP contribution in [0.2, 0.25) is 0 Å². The van der Waals surface area contributed by atoms with Gasteiger partial charge in [0.2, 0.25) is 5.60 Å². The molecule has 1 atom stereocenters. The largest absolute Gasteiger partial charge is 0.339 e. The van der Waals surface area contributed by atoms with Gasteiger partial charge in [0, 0.05) is 22.3 Å². The second-order valence-electron chi connectivity index (χ2n) is 11.4. The normalized spacial score (nSPS) is 12.3. The van der Waals surface area contributed by atoms with Crippen LogP contribution in [0, 0.1) is 0 Å². The van der Waals surface area contributed by atoms with Crippen LogP contribution < -0.4 is 0 Å². The molecule has 1 unspecified atom stereocenters. The summed E-state index contributed by atoms with van der Waals surface area (Å²) in [7, 11) is 8.31. The Hall–Kier alpha value is -0.310. The number of quaternary nitrogens is 1. The molecule has 0 spiro atoms. The maximum Gasteiger partial charge on any atom is 0.236 e. The molecule has 0 N–H and O–H groups in total. The van der Waals surface area contributed by atoms with Gasteiger partial charge in [-0.2, -0.15) is 0 Å². The van der Waals surface area contributed by atoms with Gasteiger partial charge in [0.25, 0.3) is 0 Å². The van der Waals surface area contributed by atoms with Crippen molar-refractivity contribution >= 4 is 21.0 Å². The quantitative estimate of drug-likeness (QED) is 0.0549. The number of Topliss-reactive ketones (excluding diaryl/α,β-unsaturated/α-hetero) is 2. The molecule has 0 heterocycles. The van der Waals surface area contributed by atoms with Gasteiger partial charge in [0.1, 0.15) is 6.54 Å². The first-order chi connectivity index (χ1) is 16.2. The average molecular weight is 501 g/mol. The van der Waals surface area contributed by atoms with E-state index in [-0.39, 0.29) is 11.6 Å². The van der Waals surface area contributed by atoms with Crippen LogP contribution in [0.25, 0.3) is 0 Å². The van der Waals surface area contributed by atoms with E-state index in [4.69, 9.17) is 4.52 Å². The Morgan fingerprint density at radius 3 is 1.15 bits per heavy atom. The van der Waals surface area contributed by atoms with E-state index in [0.29, 0.717) is 23.9 Å². The zero-order valence-electron chi connectivity index (χ0n) is 23.6. The summed E-state index contributed by atoms with van der Waals surface area (Å²) in [5.74, 6) is -0.0566. The van der Waals surface area contributed by atoms with Crippen LogP contribution in [0.15, 0.2) is 0 Å². The van der Waals surface area contributed by atoms with Gasteiger partial charge in [-0.3, -0.25) is 9.59 Å². The van der Waals surface area contributed by atoms with Crippen LogP contribution in [-0.4, -0.2) is 49.3 Å². The smallest absolute Gasteiger partial charge is 0.236 e. The number of rotatable bonds is 25. The van der Waals surface area contributed by atoms with Crippen LogP contribution >= 0.6 is 9.47 Å². The fourth-order valence-corrected chi connectivity index (χ4v) is 5.10. The molecule has 0 aromatic rings. The van der Waals surface area contributed by atoms with E-state index in [2.05, 4.69) is 23.3 Å². The minimum absolute atomic E-state index is 0.0283. The van der Waals surface area contributed by atoms with Gasteiger partial charge < -0.3 is 9.01 Å². The SMILES string of the molecule is CCCCCCCCCCCC(=O)C(C[N+](C)(C)C)(OP)C(=O)CCCCCCCCCCC. The van der Waals surface area contributed by atoms with Crippen LogP contribution in [0.4, 0.5) is 0 Å². The molecule has 0 radical (unpaired) electrons. The number of unbranched alkanes of at least 4 members (excludes halogenated alkanes) is 16. The molecule has 0 bridgehead atoms. The highest BCUT2D eigenvalue weighted by atomic mass is 31.0. The molecule has 0 rings (SSSR count). The minimum Gasteiger partial charge on any atom is -0.339 e. The lowest BCUT2D eigenvalue weighted by molar-refractivity contribution is -0.873. The highest BCUT2D eigenvalue weighted by Gasteiger charge is 2.49. The Bertz CT molecular complexity index is 482. The molecule has 0 aromatic heterocycles. The van der Waals surface area contributed by atoms with Crippen molar-refractivity contribution in [2.24, 2.45) is 0 Å². The van der Waals surface area contributed by atoms with Gasteiger partial charge in [0.05, 0.1) is 21.1 Å². The Balaban J connectivity index is 4.52. The van der Waals surface area contributed by atoms with Crippen molar-refractivity contribution in [3.63, 3.8) is 0 Å². The number of hydrogen-bond acceptors (Lipinski definition) is 3. The molecular formula is C29H59NO3P+. The van der Waals surface area contributed by atoms with Crippen LogP contribution in [0.5, 0.6) is 0 Å². The van der Waals surface area contributed by atoms with Gasteiger partial charge >= 0.3 is 0 Å². The molecule has 202 valence electrons. The molecule has 0 amide bonds. The lowest BCUT2D eigenvalue weighted by Crippen LogP contribution is -2.58. The van der Waals surface area contributed by atoms with E-state index in [9.17, 15) is 9.59 Å². The summed E-state index contributed by atoms with van der Waals surface area (Å²) >= 11 is 0. The lowest BCUT2D eigenvalue weighted by atomic mass is 9.86. The maximum atomic E-state index is 13.3. The molecule has 0 saturated heterocycles. The zero-order valence-corrected chi connectivity index (χ0v) is 24.8. The van der Waals surface area contributed by atoms with Crippen molar-refractivity contribution in [3.8, 4) is 0 Å². The van der Waals surface area contributed by atoms with E-state index in [1.165, 1.54) is 89.9 Å². The van der Waals surface area contributed by atoms with Crippen molar-refractivity contribution in [2.45, 2.75) is 148 Å². The maximum absolute atomic E-state index is 13.3. The molecule has 5 heteroatoms. The second kappa shape index (κ2) is 20.8. The standard InChI is InChI=1S/C29H59NO3P/c1-6-8-10-12-14-16-18-20-22-24-27(31)29(33-34,26-30(3,4)5)28(32)25-23-21-19-17-15-13-11-9-7-2/h6-26,34H2,1-5H3/q+1. The first-order valence-corrected chi connectivity index (χ1v) is 15.0. The summed E-state index contributed by atoms with van der Waals surface area (Å²) < 4.78 is 6.23. The summed E-state index contributed by atoms with van der Waals surface area (Å²) in [4.78, 5) is 26.6. The lowest BCUT2D eigenvalue weighted by Gasteiger charge is -2.36. The van der Waals surface area contributed by atoms with Gasteiger partial charge in [-0.15, -0.1) is 0 Å². The summed E-state index contributed by atoms with van der Waals surface area (Å²) in [6, 6.07) is 0. The number of likely N-dealkylation sites (N-methyl/N-ethyl adjacent to an activating group) is 1. The van der Waals surface area contributed by atoms with Crippen LogP contribution in [-0.2, 0) is 14.1 Å². The third-order valence-corrected chi connectivity index (χ3v) is 7.22. The molecular weight excluding hydrogens is 441 g/mol. The third kappa shape index (κ3) is 16.4. The Morgan fingerprint density at radius 1 is 0.588 bits per heavy atom. The fourth-order valence-electron chi connectivity index (χ4n) is 4.76. The molecule has 34 heavy (non-hydrogen) atoms. The van der Waals surface area contributed by atoms with E-state index in [1.807, 2.05) is 21.1 Å². The summed E-state index contributed by atoms with van der Waals surface area (Å²) in [5.41, 5.74) is -1.32. The van der Waals surface area contributed by atoms with Crippen LogP contribution in [0.1, 0.15) is 142 Å². The van der Waals surface area contributed by atoms with Crippen molar-refractivity contribution in [3.05, 3.63) is 0 Å². The van der Waals surface area contributed by atoms with Crippen molar-refractivity contribution in [2.75, 3.05) is 27.7 Å². The molecule has 0 saturated carbocycles. The van der Waals surface area contributed by atoms with E-state index in [1.54, 1.807) is 0 Å². The van der Waals surface area contributed by atoms with Crippen molar-refractivity contribution in [1.82, 2.24) is 0 Å². The fraction of sp³-hybridized carbons (Fsp3) is 0.931. The van der Waals surface area contributed by atoms with Gasteiger partial charge in [-0.05, 0) is 12.8 Å². The molecule has 0 fully saturated rings. The van der Waals surface area contributed by atoms with Gasteiger partial charge in [-0.25, -0.2) is 0 Å². The van der Waals surface area contributed by atoms with Gasteiger partial charge in [0.15, 0.2) is 11.6 Å². The number of nitrogens with zero attached hydrogens (tertiary/aromatic N) is 1. The van der Waals surface area contributed by atoms with Crippen molar-refractivity contribution < 1.29 is 18.6 Å². The first kappa shape index (κ1) is 33.7. The molecule has 0 aliphatic rings. The number of hydrogen-bond donors (Lipinski definition) is 0. The number of carbonyl (C=O) groups excluding carboxylic acids is 2. The topological polar surface area (TPSA) is 43.4 Å². The Morgan fingerprint density at radius 2 is 0.882 bits per heavy atom. The Kier molecular flexibility index (Phi) is 20.6. The second-order valence-corrected chi connectivity index (χ2v) is 11.6. The van der Waals surface area contributed by atoms with E-state index in [0.717, 1.165) is 25.7 Å². The molecule has 4 nitrogen and oxygen atoms in total. The Labute approximate surface area is 215 Å². The average Bonchev–Trinajstić information content (AvgIpc) is 2.79.